The Kier molecular flexibility index (Phi) is 3.46. The Morgan fingerprint density at radius 3 is 2.00 bits per heavy atom. The summed E-state index contributed by atoms with van der Waals surface area (Å²) in [6.45, 7) is 5.80. The summed E-state index contributed by atoms with van der Waals surface area (Å²) >= 11 is 11.9. The zero-order valence-corrected chi connectivity index (χ0v) is 9.41. The van der Waals surface area contributed by atoms with Crippen LogP contribution in [0.5, 0.6) is 5.75 Å². The van der Waals surface area contributed by atoms with Gasteiger partial charge in [-0.2, -0.15) is 0 Å². The Morgan fingerprint density at radius 2 is 1.62 bits per heavy atom. The first-order valence-corrected chi connectivity index (χ1v) is 4.88. The average Bonchev–Trinajstić information content (AvgIpc) is 1.98. The molecule has 1 rings (SSSR count). The standard InChI is InChI=1S/C10H12Cl2O/c1-6(2)13-8-4-9(11)7(3)10(12)5-8/h4-6H,1-3H3. The maximum absolute atomic E-state index is 5.94. The third kappa shape index (κ3) is 2.78. The maximum atomic E-state index is 5.94. The third-order valence-electron chi connectivity index (χ3n) is 1.63. The molecule has 0 amide bonds. The molecule has 0 aromatic heterocycles. The van der Waals surface area contributed by atoms with E-state index in [0.717, 1.165) is 11.3 Å². The minimum atomic E-state index is 0.134. The van der Waals surface area contributed by atoms with E-state index < -0.39 is 0 Å². The molecular weight excluding hydrogens is 207 g/mol. The first kappa shape index (κ1) is 10.7. The van der Waals surface area contributed by atoms with Crippen LogP contribution in [0.15, 0.2) is 12.1 Å². The van der Waals surface area contributed by atoms with Gasteiger partial charge in [-0.3, -0.25) is 0 Å². The van der Waals surface area contributed by atoms with Crippen molar-refractivity contribution in [3.63, 3.8) is 0 Å². The molecule has 0 heterocycles. The summed E-state index contributed by atoms with van der Waals surface area (Å²) in [5, 5.41) is 1.28. The number of hydrogen-bond acceptors (Lipinski definition) is 1. The molecule has 0 saturated heterocycles. The van der Waals surface area contributed by atoms with Crippen molar-refractivity contribution in [2.24, 2.45) is 0 Å². The lowest BCUT2D eigenvalue weighted by molar-refractivity contribution is 0.242. The van der Waals surface area contributed by atoms with E-state index in [9.17, 15) is 0 Å². The van der Waals surface area contributed by atoms with E-state index in [2.05, 4.69) is 0 Å². The average molecular weight is 219 g/mol. The molecule has 0 bridgehead atoms. The molecule has 72 valence electrons. The van der Waals surface area contributed by atoms with E-state index in [1.165, 1.54) is 0 Å². The fourth-order valence-corrected chi connectivity index (χ4v) is 1.43. The van der Waals surface area contributed by atoms with Gasteiger partial charge < -0.3 is 4.74 Å². The normalized spacial score (nSPS) is 10.6. The molecule has 1 aromatic carbocycles. The van der Waals surface area contributed by atoms with Gasteiger partial charge in [0, 0.05) is 10.0 Å². The van der Waals surface area contributed by atoms with Gasteiger partial charge in [0.05, 0.1) is 6.10 Å². The van der Waals surface area contributed by atoms with E-state index in [-0.39, 0.29) is 6.10 Å². The largest absolute Gasteiger partial charge is 0.491 e. The number of rotatable bonds is 2. The van der Waals surface area contributed by atoms with E-state index in [0.29, 0.717) is 10.0 Å². The summed E-state index contributed by atoms with van der Waals surface area (Å²) < 4.78 is 5.46. The molecular formula is C10H12Cl2O. The molecule has 0 radical (unpaired) electrons. The minimum absolute atomic E-state index is 0.134. The van der Waals surface area contributed by atoms with Gasteiger partial charge in [-0.15, -0.1) is 0 Å². The number of halogens is 2. The van der Waals surface area contributed by atoms with Crippen LogP contribution >= 0.6 is 23.2 Å². The lowest BCUT2D eigenvalue weighted by Gasteiger charge is -2.11. The Bertz CT molecular complexity index is 285. The molecule has 0 spiro atoms. The van der Waals surface area contributed by atoms with E-state index in [1.54, 1.807) is 12.1 Å². The van der Waals surface area contributed by atoms with Crippen molar-refractivity contribution in [1.29, 1.82) is 0 Å². The van der Waals surface area contributed by atoms with Crippen LogP contribution in [-0.4, -0.2) is 6.10 Å². The zero-order valence-electron chi connectivity index (χ0n) is 7.90. The van der Waals surface area contributed by atoms with Gasteiger partial charge in [0.15, 0.2) is 0 Å². The molecule has 0 N–H and O–H groups in total. The molecule has 0 saturated carbocycles. The van der Waals surface area contributed by atoms with Crippen molar-refractivity contribution < 1.29 is 4.74 Å². The SMILES string of the molecule is Cc1c(Cl)cc(OC(C)C)cc1Cl. The van der Waals surface area contributed by atoms with Crippen LogP contribution < -0.4 is 4.74 Å². The first-order valence-electron chi connectivity index (χ1n) is 4.13. The second-order valence-electron chi connectivity index (χ2n) is 3.18. The van der Waals surface area contributed by atoms with Crippen molar-refractivity contribution in [3.8, 4) is 5.75 Å². The van der Waals surface area contributed by atoms with Crippen LogP contribution in [0.1, 0.15) is 19.4 Å². The molecule has 1 aromatic rings. The summed E-state index contributed by atoms with van der Waals surface area (Å²) in [5.41, 5.74) is 0.888. The third-order valence-corrected chi connectivity index (χ3v) is 2.41. The fourth-order valence-electron chi connectivity index (χ4n) is 0.962. The lowest BCUT2D eigenvalue weighted by atomic mass is 10.2. The van der Waals surface area contributed by atoms with Crippen molar-refractivity contribution >= 4 is 23.2 Å². The van der Waals surface area contributed by atoms with Crippen molar-refractivity contribution in [2.75, 3.05) is 0 Å². The van der Waals surface area contributed by atoms with Gasteiger partial charge in [0.1, 0.15) is 5.75 Å². The molecule has 0 fully saturated rings. The minimum Gasteiger partial charge on any atom is -0.491 e. The molecule has 0 atom stereocenters. The molecule has 13 heavy (non-hydrogen) atoms. The summed E-state index contributed by atoms with van der Waals surface area (Å²) in [5.74, 6) is 0.718. The van der Waals surface area contributed by atoms with E-state index >= 15 is 0 Å². The topological polar surface area (TPSA) is 9.23 Å². The van der Waals surface area contributed by atoms with Crippen molar-refractivity contribution in [1.82, 2.24) is 0 Å². The van der Waals surface area contributed by atoms with Crippen LogP contribution in [0.4, 0.5) is 0 Å². The molecule has 1 nitrogen and oxygen atoms in total. The quantitative estimate of drug-likeness (QED) is 0.727. The Hall–Kier alpha value is -0.400. The van der Waals surface area contributed by atoms with Gasteiger partial charge in [-0.1, -0.05) is 23.2 Å². The van der Waals surface area contributed by atoms with Crippen LogP contribution in [0, 0.1) is 6.92 Å². The Balaban J connectivity index is 2.99. The highest BCUT2D eigenvalue weighted by Crippen LogP contribution is 2.29. The van der Waals surface area contributed by atoms with Gasteiger partial charge in [-0.05, 0) is 38.5 Å². The van der Waals surface area contributed by atoms with Gasteiger partial charge in [0.2, 0.25) is 0 Å². The Labute approximate surface area is 88.6 Å². The first-order chi connectivity index (χ1) is 6.00. The predicted octanol–water partition coefficient (Wildman–Crippen LogP) is 4.09. The summed E-state index contributed by atoms with van der Waals surface area (Å²) in [6, 6.07) is 3.56. The smallest absolute Gasteiger partial charge is 0.122 e. The highest BCUT2D eigenvalue weighted by atomic mass is 35.5. The van der Waals surface area contributed by atoms with Crippen LogP contribution in [-0.2, 0) is 0 Å². The fraction of sp³-hybridized carbons (Fsp3) is 0.400. The molecule has 3 heteroatoms. The second kappa shape index (κ2) is 4.21. The highest BCUT2D eigenvalue weighted by molar-refractivity contribution is 6.36. The van der Waals surface area contributed by atoms with Crippen LogP contribution in [0.25, 0.3) is 0 Å². The molecule has 0 aliphatic rings. The Morgan fingerprint density at radius 1 is 1.15 bits per heavy atom. The van der Waals surface area contributed by atoms with E-state index in [1.807, 2.05) is 20.8 Å². The van der Waals surface area contributed by atoms with Crippen LogP contribution in [0.3, 0.4) is 0 Å². The van der Waals surface area contributed by atoms with Gasteiger partial charge >= 0.3 is 0 Å². The molecule has 0 aliphatic carbocycles. The van der Waals surface area contributed by atoms with Gasteiger partial charge in [-0.25, -0.2) is 0 Å². The summed E-state index contributed by atoms with van der Waals surface area (Å²) in [4.78, 5) is 0. The predicted molar refractivity (Wildman–Crippen MR) is 57.0 cm³/mol. The van der Waals surface area contributed by atoms with Crippen molar-refractivity contribution in [2.45, 2.75) is 26.9 Å². The number of ether oxygens (including phenoxy) is 1. The van der Waals surface area contributed by atoms with Crippen molar-refractivity contribution in [3.05, 3.63) is 27.7 Å². The second-order valence-corrected chi connectivity index (χ2v) is 3.99. The number of hydrogen-bond donors (Lipinski definition) is 0. The summed E-state index contributed by atoms with van der Waals surface area (Å²) in [6.07, 6.45) is 0.134. The van der Waals surface area contributed by atoms with E-state index in [4.69, 9.17) is 27.9 Å². The highest BCUT2D eigenvalue weighted by Gasteiger charge is 2.05. The number of benzene rings is 1. The van der Waals surface area contributed by atoms with Gasteiger partial charge in [0.25, 0.3) is 0 Å². The zero-order chi connectivity index (χ0) is 10.0. The van der Waals surface area contributed by atoms with Crippen LogP contribution in [0.2, 0.25) is 10.0 Å². The summed E-state index contributed by atoms with van der Waals surface area (Å²) in [7, 11) is 0. The maximum Gasteiger partial charge on any atom is 0.122 e. The lowest BCUT2D eigenvalue weighted by Crippen LogP contribution is -2.05. The molecule has 0 aliphatic heterocycles. The monoisotopic (exact) mass is 218 g/mol. The molecule has 0 unspecified atom stereocenters.